The number of imidazole rings is 1. The summed E-state index contributed by atoms with van der Waals surface area (Å²) in [5, 5.41) is 2.70. The summed E-state index contributed by atoms with van der Waals surface area (Å²) >= 11 is 7.07. The maximum Gasteiger partial charge on any atom is 0.407 e. The first-order valence-corrected chi connectivity index (χ1v) is 13.6. The third-order valence-electron chi connectivity index (χ3n) is 6.20. The highest BCUT2D eigenvalue weighted by Gasteiger charge is 2.37. The SMILES string of the molecule is COC(=O)NC(C(=O)N1CCCC1c1nc2ccc(-c3cc4sc(Br)cc4s3)cc2[nH]1)C(C)C. The molecule has 178 valence electrons. The number of H-pyrrole nitrogens is 1. The molecule has 0 radical (unpaired) electrons. The van der Waals surface area contributed by atoms with Gasteiger partial charge in [0.15, 0.2) is 0 Å². The number of alkyl carbamates (subject to hydrolysis) is 1. The summed E-state index contributed by atoms with van der Waals surface area (Å²) in [5.41, 5.74) is 2.99. The molecule has 7 nitrogen and oxygen atoms in total. The van der Waals surface area contributed by atoms with Gasteiger partial charge in [0.25, 0.3) is 0 Å². The fourth-order valence-corrected chi connectivity index (χ4v) is 7.50. The van der Waals surface area contributed by atoms with Crippen molar-refractivity contribution in [1.29, 1.82) is 0 Å². The highest BCUT2D eigenvalue weighted by molar-refractivity contribution is 9.11. The van der Waals surface area contributed by atoms with Gasteiger partial charge in [0.2, 0.25) is 5.91 Å². The highest BCUT2D eigenvalue weighted by atomic mass is 79.9. The number of thiophene rings is 2. The average molecular weight is 562 g/mol. The number of nitrogens with one attached hydrogen (secondary N) is 2. The number of hydrogen-bond donors (Lipinski definition) is 2. The number of amides is 2. The Morgan fingerprint density at radius 3 is 2.76 bits per heavy atom. The van der Waals surface area contributed by atoms with E-state index in [2.05, 4.69) is 50.5 Å². The van der Waals surface area contributed by atoms with Crippen molar-refractivity contribution in [2.24, 2.45) is 5.92 Å². The molecule has 0 saturated carbocycles. The van der Waals surface area contributed by atoms with Crippen LogP contribution < -0.4 is 5.32 Å². The van der Waals surface area contributed by atoms with Crippen LogP contribution in [0, 0.1) is 5.92 Å². The Morgan fingerprint density at radius 1 is 1.24 bits per heavy atom. The molecular weight excluding hydrogens is 536 g/mol. The fourth-order valence-electron chi connectivity index (χ4n) is 4.48. The third kappa shape index (κ3) is 4.34. The minimum absolute atomic E-state index is 0.0628. The quantitative estimate of drug-likeness (QED) is 0.299. The van der Waals surface area contributed by atoms with E-state index in [0.29, 0.717) is 6.54 Å². The monoisotopic (exact) mass is 560 g/mol. The van der Waals surface area contributed by atoms with E-state index in [-0.39, 0.29) is 17.9 Å². The number of rotatable bonds is 5. The Bertz CT molecular complexity index is 1340. The van der Waals surface area contributed by atoms with E-state index in [0.717, 1.165) is 39.0 Å². The number of nitrogens with zero attached hydrogens (tertiary/aromatic N) is 2. The molecule has 0 bridgehead atoms. The Balaban J connectivity index is 1.42. The number of fused-ring (bicyclic) bond motifs is 2. The molecule has 4 aromatic rings. The lowest BCUT2D eigenvalue weighted by atomic mass is 10.0. The lowest BCUT2D eigenvalue weighted by molar-refractivity contribution is -0.135. The van der Waals surface area contributed by atoms with E-state index in [1.807, 2.05) is 24.8 Å². The molecule has 34 heavy (non-hydrogen) atoms. The minimum atomic E-state index is -0.642. The molecule has 1 aliphatic rings. The first-order valence-electron chi connectivity index (χ1n) is 11.2. The summed E-state index contributed by atoms with van der Waals surface area (Å²) in [5.74, 6) is 0.621. The lowest BCUT2D eigenvalue weighted by Crippen LogP contribution is -2.51. The molecule has 3 aromatic heterocycles. The van der Waals surface area contributed by atoms with Crippen molar-refractivity contribution in [3.05, 3.63) is 39.9 Å². The van der Waals surface area contributed by atoms with Gasteiger partial charge in [-0.2, -0.15) is 0 Å². The van der Waals surface area contributed by atoms with Gasteiger partial charge in [-0.25, -0.2) is 9.78 Å². The molecule has 1 aromatic carbocycles. The summed E-state index contributed by atoms with van der Waals surface area (Å²) < 4.78 is 8.42. The van der Waals surface area contributed by atoms with Crippen LogP contribution in [0.5, 0.6) is 0 Å². The number of hydrogen-bond acceptors (Lipinski definition) is 6. The van der Waals surface area contributed by atoms with Crippen molar-refractivity contribution < 1.29 is 14.3 Å². The molecule has 2 atom stereocenters. The van der Waals surface area contributed by atoms with Crippen LogP contribution in [-0.2, 0) is 9.53 Å². The number of aromatic nitrogens is 2. The van der Waals surface area contributed by atoms with Crippen molar-refractivity contribution in [2.45, 2.75) is 38.8 Å². The normalized spacial score (nSPS) is 17.1. The fraction of sp³-hybridized carbons (Fsp3) is 0.375. The molecule has 2 N–H and O–H groups in total. The van der Waals surface area contributed by atoms with E-state index in [1.165, 1.54) is 21.4 Å². The van der Waals surface area contributed by atoms with E-state index in [4.69, 9.17) is 9.72 Å². The van der Waals surface area contributed by atoms with Crippen LogP contribution in [0.1, 0.15) is 38.6 Å². The average Bonchev–Trinajstić information content (AvgIpc) is 3.57. The van der Waals surface area contributed by atoms with Crippen LogP contribution in [0.4, 0.5) is 4.79 Å². The molecule has 2 amide bonds. The van der Waals surface area contributed by atoms with Gasteiger partial charge in [-0.1, -0.05) is 19.9 Å². The van der Waals surface area contributed by atoms with Gasteiger partial charge in [-0.3, -0.25) is 4.79 Å². The Kier molecular flexibility index (Phi) is 6.39. The first kappa shape index (κ1) is 23.3. The third-order valence-corrected chi connectivity index (χ3v) is 9.05. The second-order valence-electron chi connectivity index (χ2n) is 8.79. The number of carbonyl (C=O) groups excluding carboxylic acids is 2. The van der Waals surface area contributed by atoms with Gasteiger partial charge in [0.1, 0.15) is 11.9 Å². The largest absolute Gasteiger partial charge is 0.453 e. The molecule has 1 fully saturated rings. The van der Waals surface area contributed by atoms with Crippen LogP contribution in [0.3, 0.4) is 0 Å². The Morgan fingerprint density at radius 2 is 2.03 bits per heavy atom. The minimum Gasteiger partial charge on any atom is -0.453 e. The molecular formula is C24H25BrN4O3S2. The maximum absolute atomic E-state index is 13.4. The molecule has 0 aliphatic carbocycles. The van der Waals surface area contributed by atoms with Crippen LogP contribution >= 0.6 is 38.6 Å². The molecule has 5 rings (SSSR count). The zero-order valence-electron chi connectivity index (χ0n) is 19.1. The number of aromatic amines is 1. The first-order chi connectivity index (χ1) is 16.3. The van der Waals surface area contributed by atoms with E-state index in [9.17, 15) is 9.59 Å². The van der Waals surface area contributed by atoms with Gasteiger partial charge in [-0.05, 0) is 64.5 Å². The number of carbonyl (C=O) groups is 2. The van der Waals surface area contributed by atoms with Crippen molar-refractivity contribution in [3.63, 3.8) is 0 Å². The van der Waals surface area contributed by atoms with Gasteiger partial charge < -0.3 is 19.9 Å². The van der Waals surface area contributed by atoms with Crippen LogP contribution in [0.15, 0.2) is 34.1 Å². The molecule has 1 saturated heterocycles. The number of methoxy groups -OCH3 is 1. The summed E-state index contributed by atoms with van der Waals surface area (Å²) in [7, 11) is 1.30. The second-order valence-corrected chi connectivity index (χ2v) is 12.3. The lowest BCUT2D eigenvalue weighted by Gasteiger charge is -2.29. The standard InChI is InChI=1S/C24H25BrN4O3S2/c1-12(2)21(28-24(31)32-3)23(30)29-8-4-5-16(29)22-26-14-7-6-13(9-15(14)27-22)17-10-18-19(33-17)11-20(25)34-18/h6-7,9-12,16,21H,4-5,8H2,1-3H3,(H,26,27)(H,28,31). The number of likely N-dealkylation sites (tertiary alicyclic amines) is 1. The summed E-state index contributed by atoms with van der Waals surface area (Å²) in [6.45, 7) is 4.47. The van der Waals surface area contributed by atoms with Crippen molar-refractivity contribution in [3.8, 4) is 10.4 Å². The summed E-state index contributed by atoms with van der Waals surface area (Å²) in [6.07, 6.45) is 1.13. The van der Waals surface area contributed by atoms with E-state index >= 15 is 0 Å². The smallest absolute Gasteiger partial charge is 0.407 e. The van der Waals surface area contributed by atoms with Crippen molar-refractivity contribution in [2.75, 3.05) is 13.7 Å². The van der Waals surface area contributed by atoms with E-state index < -0.39 is 12.1 Å². The van der Waals surface area contributed by atoms with Crippen LogP contribution in [0.25, 0.3) is 30.9 Å². The van der Waals surface area contributed by atoms with Crippen molar-refractivity contribution >= 4 is 71.0 Å². The molecule has 1 aliphatic heterocycles. The van der Waals surface area contributed by atoms with Crippen LogP contribution in [-0.4, -0.2) is 46.6 Å². The van der Waals surface area contributed by atoms with Gasteiger partial charge in [0, 0.05) is 20.8 Å². The van der Waals surface area contributed by atoms with E-state index in [1.54, 1.807) is 22.7 Å². The molecule has 10 heteroatoms. The predicted molar refractivity (Wildman–Crippen MR) is 140 cm³/mol. The highest BCUT2D eigenvalue weighted by Crippen LogP contribution is 2.41. The zero-order valence-corrected chi connectivity index (χ0v) is 22.3. The predicted octanol–water partition coefficient (Wildman–Crippen LogP) is 6.31. The van der Waals surface area contributed by atoms with Gasteiger partial charge in [0.05, 0.1) is 28.0 Å². The van der Waals surface area contributed by atoms with Crippen LogP contribution in [0.2, 0.25) is 0 Å². The second kappa shape index (κ2) is 9.31. The molecule has 4 heterocycles. The number of ether oxygens (including phenoxy) is 1. The Hall–Kier alpha value is -2.43. The molecule has 0 spiro atoms. The number of benzene rings is 1. The molecule has 2 unspecified atom stereocenters. The van der Waals surface area contributed by atoms with Crippen molar-refractivity contribution in [1.82, 2.24) is 20.2 Å². The van der Waals surface area contributed by atoms with Gasteiger partial charge >= 0.3 is 6.09 Å². The topological polar surface area (TPSA) is 87.3 Å². The maximum atomic E-state index is 13.4. The zero-order chi connectivity index (χ0) is 24.0. The van der Waals surface area contributed by atoms with Gasteiger partial charge in [-0.15, -0.1) is 22.7 Å². The summed E-state index contributed by atoms with van der Waals surface area (Å²) in [4.78, 5) is 36.5. The summed E-state index contributed by atoms with van der Waals surface area (Å²) in [6, 6.07) is 9.87. The Labute approximate surface area is 213 Å². The number of halogens is 1.